The van der Waals surface area contributed by atoms with Gasteiger partial charge in [0.2, 0.25) is 10.0 Å². The first kappa shape index (κ1) is 15.6. The fraction of sp³-hybridized carbons (Fsp3) is 1.00. The molecule has 2 saturated carbocycles. The van der Waals surface area contributed by atoms with Crippen LogP contribution in [0.15, 0.2) is 0 Å². The summed E-state index contributed by atoms with van der Waals surface area (Å²) in [7, 11) is -3.08. The predicted molar refractivity (Wildman–Crippen MR) is 82.1 cm³/mol. The van der Waals surface area contributed by atoms with Crippen molar-refractivity contribution in [3.05, 3.63) is 0 Å². The number of thioether (sulfide) groups is 1. The Morgan fingerprint density at radius 3 is 2.63 bits per heavy atom. The van der Waals surface area contributed by atoms with E-state index in [1.54, 1.807) is 11.8 Å². The summed E-state index contributed by atoms with van der Waals surface area (Å²) < 4.78 is 26.9. The van der Waals surface area contributed by atoms with Crippen LogP contribution in [0.4, 0.5) is 0 Å². The Labute approximate surface area is 121 Å². The van der Waals surface area contributed by atoms with Gasteiger partial charge in [0.05, 0.1) is 5.75 Å². The van der Waals surface area contributed by atoms with Crippen molar-refractivity contribution >= 4 is 21.8 Å². The molecular formula is C13H26N2O2S2. The van der Waals surface area contributed by atoms with Crippen molar-refractivity contribution in [3.63, 3.8) is 0 Å². The minimum absolute atomic E-state index is 0.157. The molecule has 6 heteroatoms. The van der Waals surface area contributed by atoms with Gasteiger partial charge in [-0.15, -0.1) is 0 Å². The van der Waals surface area contributed by atoms with Crippen LogP contribution in [0, 0.1) is 0 Å². The second kappa shape index (κ2) is 7.29. The molecule has 2 rings (SSSR count). The van der Waals surface area contributed by atoms with Crippen molar-refractivity contribution in [1.82, 2.24) is 10.0 Å². The first-order valence-electron chi connectivity index (χ1n) is 7.37. The summed E-state index contributed by atoms with van der Waals surface area (Å²) >= 11 is 1.79. The van der Waals surface area contributed by atoms with E-state index in [0.29, 0.717) is 5.25 Å². The van der Waals surface area contributed by atoms with E-state index in [2.05, 4.69) is 16.3 Å². The molecule has 0 spiro atoms. The van der Waals surface area contributed by atoms with Gasteiger partial charge in [0.1, 0.15) is 0 Å². The van der Waals surface area contributed by atoms with E-state index in [9.17, 15) is 8.42 Å². The molecule has 2 unspecified atom stereocenters. The van der Waals surface area contributed by atoms with Crippen molar-refractivity contribution in [3.8, 4) is 0 Å². The van der Waals surface area contributed by atoms with Gasteiger partial charge in [-0.3, -0.25) is 0 Å². The van der Waals surface area contributed by atoms with Gasteiger partial charge in [0.25, 0.3) is 0 Å². The molecule has 0 aromatic carbocycles. The summed E-state index contributed by atoms with van der Waals surface area (Å²) in [5.41, 5.74) is 0. The summed E-state index contributed by atoms with van der Waals surface area (Å²) in [5, 5.41) is 3.88. The van der Waals surface area contributed by atoms with Gasteiger partial charge >= 0.3 is 0 Å². The van der Waals surface area contributed by atoms with Crippen LogP contribution < -0.4 is 10.0 Å². The molecule has 0 saturated heterocycles. The molecule has 0 amide bonds. The fourth-order valence-corrected chi connectivity index (χ4v) is 5.11. The Bertz CT molecular complexity index is 369. The van der Waals surface area contributed by atoms with Crippen molar-refractivity contribution in [2.24, 2.45) is 0 Å². The lowest BCUT2D eigenvalue weighted by Crippen LogP contribution is -2.39. The molecule has 0 bridgehead atoms. The van der Waals surface area contributed by atoms with E-state index in [1.807, 2.05) is 0 Å². The summed E-state index contributed by atoms with van der Waals surface area (Å²) in [5.74, 6) is 0.275. The predicted octanol–water partition coefficient (Wildman–Crippen LogP) is 1.72. The monoisotopic (exact) mass is 306 g/mol. The molecule has 2 aliphatic carbocycles. The zero-order chi connectivity index (χ0) is 13.7. The smallest absolute Gasteiger partial charge is 0.211 e. The molecule has 0 aliphatic heterocycles. The van der Waals surface area contributed by atoms with Gasteiger partial charge in [-0.25, -0.2) is 13.1 Å². The summed E-state index contributed by atoms with van der Waals surface area (Å²) in [6.45, 7) is 0.955. The van der Waals surface area contributed by atoms with Gasteiger partial charge < -0.3 is 5.32 Å². The summed E-state index contributed by atoms with van der Waals surface area (Å²) in [6, 6.07) is 0.875. The van der Waals surface area contributed by atoms with E-state index in [1.165, 1.54) is 12.8 Å². The number of hydrogen-bond acceptors (Lipinski definition) is 4. The van der Waals surface area contributed by atoms with Crippen LogP contribution in [-0.2, 0) is 10.0 Å². The van der Waals surface area contributed by atoms with Crippen LogP contribution in [0.5, 0.6) is 0 Å². The van der Waals surface area contributed by atoms with E-state index in [-0.39, 0.29) is 11.8 Å². The van der Waals surface area contributed by atoms with Gasteiger partial charge in [0, 0.05) is 17.3 Å². The Morgan fingerprint density at radius 2 is 1.95 bits per heavy atom. The molecule has 2 fully saturated rings. The number of hydrogen-bond donors (Lipinski definition) is 2. The molecule has 0 aromatic heterocycles. The average molecular weight is 306 g/mol. The number of rotatable bonds is 9. The largest absolute Gasteiger partial charge is 0.314 e. The Kier molecular flexibility index (Phi) is 5.99. The number of unbranched alkanes of at least 4 members (excludes halogenated alkanes) is 1. The van der Waals surface area contributed by atoms with Crippen LogP contribution in [-0.4, -0.2) is 44.3 Å². The molecule has 2 atom stereocenters. The van der Waals surface area contributed by atoms with Crippen LogP contribution >= 0.6 is 11.8 Å². The first-order chi connectivity index (χ1) is 9.11. The molecule has 4 nitrogen and oxygen atoms in total. The lowest BCUT2D eigenvalue weighted by Gasteiger charge is -2.19. The highest BCUT2D eigenvalue weighted by Gasteiger charge is 2.29. The van der Waals surface area contributed by atoms with Gasteiger partial charge in [-0.1, -0.05) is 6.42 Å². The topological polar surface area (TPSA) is 58.2 Å². The highest BCUT2D eigenvalue weighted by Crippen LogP contribution is 2.28. The SMILES string of the molecule is CSC1CCCC1NS(=O)(=O)CCCCNC1CC1. The molecule has 19 heavy (non-hydrogen) atoms. The highest BCUT2D eigenvalue weighted by molar-refractivity contribution is 7.99. The summed E-state index contributed by atoms with van der Waals surface area (Å²) in [6.07, 6.45) is 9.63. The van der Waals surface area contributed by atoms with Crippen LogP contribution in [0.2, 0.25) is 0 Å². The van der Waals surface area contributed by atoms with Gasteiger partial charge in [0.15, 0.2) is 0 Å². The van der Waals surface area contributed by atoms with E-state index in [0.717, 1.165) is 44.7 Å². The van der Waals surface area contributed by atoms with E-state index in [4.69, 9.17) is 0 Å². The van der Waals surface area contributed by atoms with Crippen molar-refractivity contribution in [2.75, 3.05) is 18.6 Å². The molecule has 2 N–H and O–H groups in total. The van der Waals surface area contributed by atoms with Crippen molar-refractivity contribution in [2.45, 2.75) is 62.3 Å². The maximum Gasteiger partial charge on any atom is 0.211 e. The molecule has 0 aromatic rings. The Morgan fingerprint density at radius 1 is 1.16 bits per heavy atom. The first-order valence-corrected chi connectivity index (χ1v) is 10.3. The second-order valence-electron chi connectivity index (χ2n) is 5.68. The van der Waals surface area contributed by atoms with Crippen molar-refractivity contribution < 1.29 is 8.42 Å². The van der Waals surface area contributed by atoms with E-state index < -0.39 is 10.0 Å². The third kappa shape index (κ3) is 5.61. The molecule has 112 valence electrons. The van der Waals surface area contributed by atoms with Crippen LogP contribution in [0.25, 0.3) is 0 Å². The van der Waals surface area contributed by atoms with E-state index >= 15 is 0 Å². The Balaban J connectivity index is 1.62. The maximum absolute atomic E-state index is 12.0. The lowest BCUT2D eigenvalue weighted by atomic mass is 10.3. The number of sulfonamides is 1. The zero-order valence-electron chi connectivity index (χ0n) is 11.7. The zero-order valence-corrected chi connectivity index (χ0v) is 13.4. The fourth-order valence-electron chi connectivity index (χ4n) is 2.64. The van der Waals surface area contributed by atoms with Gasteiger partial charge in [-0.05, 0) is 51.3 Å². The maximum atomic E-state index is 12.0. The molecule has 0 heterocycles. The third-order valence-corrected chi connectivity index (χ3v) is 6.59. The quantitative estimate of drug-likeness (QED) is 0.637. The average Bonchev–Trinajstić information content (AvgIpc) is 3.08. The number of nitrogens with one attached hydrogen (secondary N) is 2. The second-order valence-corrected chi connectivity index (χ2v) is 8.63. The molecule has 0 radical (unpaired) electrons. The molecule has 2 aliphatic rings. The molecular weight excluding hydrogens is 280 g/mol. The van der Waals surface area contributed by atoms with Crippen molar-refractivity contribution in [1.29, 1.82) is 0 Å². The van der Waals surface area contributed by atoms with Crippen LogP contribution in [0.3, 0.4) is 0 Å². The van der Waals surface area contributed by atoms with Crippen LogP contribution in [0.1, 0.15) is 44.9 Å². The Hall–Kier alpha value is 0.220. The minimum atomic E-state index is -3.08. The normalized spacial score (nSPS) is 27.8. The highest BCUT2D eigenvalue weighted by atomic mass is 32.2. The summed E-state index contributed by atoms with van der Waals surface area (Å²) in [4.78, 5) is 0. The minimum Gasteiger partial charge on any atom is -0.314 e. The lowest BCUT2D eigenvalue weighted by molar-refractivity contribution is 0.549. The standard InChI is InChI=1S/C13H26N2O2S2/c1-18-13-6-4-5-12(13)15-19(16,17)10-3-2-9-14-11-7-8-11/h11-15H,2-10H2,1H3. The third-order valence-electron chi connectivity index (χ3n) is 3.94. The van der Waals surface area contributed by atoms with Gasteiger partial charge in [-0.2, -0.15) is 11.8 Å².